The van der Waals surface area contributed by atoms with Crippen LogP contribution in [-0.2, 0) is 17.9 Å². The highest BCUT2D eigenvalue weighted by molar-refractivity contribution is 5.23. The second-order valence-electron chi connectivity index (χ2n) is 7.46. The van der Waals surface area contributed by atoms with Crippen LogP contribution < -0.4 is 4.74 Å². The molecular formula is C18H27N3O. The first-order chi connectivity index (χ1) is 10.2. The van der Waals surface area contributed by atoms with Crippen LogP contribution >= 0.6 is 0 Å². The monoisotopic (exact) mass is 301 g/mol. The van der Waals surface area contributed by atoms with E-state index < -0.39 is 0 Å². The van der Waals surface area contributed by atoms with Gasteiger partial charge in [0.1, 0.15) is 0 Å². The summed E-state index contributed by atoms with van der Waals surface area (Å²) in [5.41, 5.74) is 2.58. The topological polar surface area (TPSA) is 39.9 Å². The predicted octanol–water partition coefficient (Wildman–Crippen LogP) is 3.86. The van der Waals surface area contributed by atoms with E-state index in [0.717, 1.165) is 6.42 Å². The second-order valence-corrected chi connectivity index (χ2v) is 7.46. The molecule has 0 saturated carbocycles. The van der Waals surface area contributed by atoms with Crippen LogP contribution in [-0.4, -0.2) is 21.4 Å². The molecule has 0 aromatic carbocycles. The van der Waals surface area contributed by atoms with Crippen molar-refractivity contribution in [1.29, 1.82) is 0 Å². The van der Waals surface area contributed by atoms with Gasteiger partial charge in [0, 0.05) is 36.6 Å². The third-order valence-corrected chi connectivity index (χ3v) is 4.09. The van der Waals surface area contributed by atoms with Crippen molar-refractivity contribution in [3.8, 4) is 5.88 Å². The van der Waals surface area contributed by atoms with Gasteiger partial charge in [-0.1, -0.05) is 40.7 Å². The first-order valence-electron chi connectivity index (χ1n) is 7.78. The molecule has 22 heavy (non-hydrogen) atoms. The van der Waals surface area contributed by atoms with Crippen molar-refractivity contribution in [2.75, 3.05) is 6.61 Å². The molecule has 0 N–H and O–H groups in total. The summed E-state index contributed by atoms with van der Waals surface area (Å²) in [4.78, 5) is 4.41. The molecule has 2 rings (SSSR count). The number of aryl methyl sites for hydroxylation is 1. The van der Waals surface area contributed by atoms with Crippen LogP contribution in [0.3, 0.4) is 0 Å². The Morgan fingerprint density at radius 1 is 1.09 bits per heavy atom. The molecule has 0 aliphatic carbocycles. The van der Waals surface area contributed by atoms with Gasteiger partial charge in [-0.2, -0.15) is 5.10 Å². The Morgan fingerprint density at radius 2 is 1.82 bits per heavy atom. The number of hydrogen-bond acceptors (Lipinski definition) is 3. The summed E-state index contributed by atoms with van der Waals surface area (Å²) in [6, 6.07) is 6.11. The van der Waals surface area contributed by atoms with Gasteiger partial charge in [0.05, 0.1) is 6.61 Å². The first kappa shape index (κ1) is 16.5. The summed E-state index contributed by atoms with van der Waals surface area (Å²) in [7, 11) is 1.98. The van der Waals surface area contributed by atoms with Gasteiger partial charge < -0.3 is 4.74 Å². The minimum atomic E-state index is 0.0244. The van der Waals surface area contributed by atoms with Crippen LogP contribution in [0.1, 0.15) is 52.3 Å². The average molecular weight is 301 g/mol. The molecule has 2 heterocycles. The van der Waals surface area contributed by atoms with Gasteiger partial charge in [0.2, 0.25) is 5.88 Å². The standard InChI is InChI=1S/C18H27N3O/c1-17(2,3)14-7-8-16(19-13-14)22-12-10-18(4,5)15-9-11-20-21(15)6/h7-9,11,13H,10,12H2,1-6H3. The average Bonchev–Trinajstić information content (AvgIpc) is 2.85. The van der Waals surface area contributed by atoms with Crippen molar-refractivity contribution in [2.45, 2.75) is 51.9 Å². The van der Waals surface area contributed by atoms with E-state index in [-0.39, 0.29) is 10.8 Å². The molecular weight excluding hydrogens is 274 g/mol. The maximum Gasteiger partial charge on any atom is 0.213 e. The molecule has 4 nitrogen and oxygen atoms in total. The summed E-state index contributed by atoms with van der Waals surface area (Å²) in [5, 5.41) is 4.25. The summed E-state index contributed by atoms with van der Waals surface area (Å²) < 4.78 is 7.73. The van der Waals surface area contributed by atoms with Crippen molar-refractivity contribution >= 4 is 0 Å². The smallest absolute Gasteiger partial charge is 0.213 e. The van der Waals surface area contributed by atoms with Crippen LogP contribution in [0.2, 0.25) is 0 Å². The zero-order chi connectivity index (χ0) is 16.4. The van der Waals surface area contributed by atoms with Crippen LogP contribution in [0, 0.1) is 0 Å². The quantitative estimate of drug-likeness (QED) is 0.842. The number of pyridine rings is 1. The highest BCUT2D eigenvalue weighted by atomic mass is 16.5. The van der Waals surface area contributed by atoms with Gasteiger partial charge in [-0.25, -0.2) is 4.98 Å². The van der Waals surface area contributed by atoms with Crippen molar-refractivity contribution in [3.63, 3.8) is 0 Å². The van der Waals surface area contributed by atoms with Crippen molar-refractivity contribution in [1.82, 2.24) is 14.8 Å². The molecule has 0 radical (unpaired) electrons. The maximum absolute atomic E-state index is 5.81. The van der Waals surface area contributed by atoms with Crippen molar-refractivity contribution in [3.05, 3.63) is 41.9 Å². The molecule has 0 aliphatic heterocycles. The fourth-order valence-corrected chi connectivity index (χ4v) is 2.49. The zero-order valence-corrected chi connectivity index (χ0v) is 14.6. The lowest BCUT2D eigenvalue weighted by Gasteiger charge is -2.24. The Bertz CT molecular complexity index is 606. The molecule has 0 amide bonds. The van der Waals surface area contributed by atoms with Gasteiger partial charge in [0.15, 0.2) is 0 Å². The lowest BCUT2D eigenvalue weighted by molar-refractivity contribution is 0.259. The van der Waals surface area contributed by atoms with Crippen molar-refractivity contribution < 1.29 is 4.74 Å². The Balaban J connectivity index is 1.92. The van der Waals surface area contributed by atoms with E-state index in [1.165, 1.54) is 11.3 Å². The molecule has 0 bridgehead atoms. The molecule has 0 atom stereocenters. The molecule has 0 unspecified atom stereocenters. The molecule has 2 aromatic rings. The van der Waals surface area contributed by atoms with E-state index in [1.54, 1.807) is 0 Å². The molecule has 2 aromatic heterocycles. The lowest BCUT2D eigenvalue weighted by atomic mass is 9.86. The van der Waals surface area contributed by atoms with E-state index in [2.05, 4.69) is 56.8 Å². The fourth-order valence-electron chi connectivity index (χ4n) is 2.49. The summed E-state index contributed by atoms with van der Waals surface area (Å²) >= 11 is 0. The van der Waals surface area contributed by atoms with Gasteiger partial charge in [-0.3, -0.25) is 4.68 Å². The first-order valence-corrected chi connectivity index (χ1v) is 7.78. The SMILES string of the molecule is Cn1nccc1C(C)(C)CCOc1ccc(C(C)(C)C)cn1. The number of aromatic nitrogens is 3. The Morgan fingerprint density at radius 3 is 2.32 bits per heavy atom. The van der Waals surface area contributed by atoms with Crippen LogP contribution in [0.5, 0.6) is 5.88 Å². The van der Waals surface area contributed by atoms with Gasteiger partial charge >= 0.3 is 0 Å². The normalized spacial score (nSPS) is 12.5. The van der Waals surface area contributed by atoms with E-state index in [0.29, 0.717) is 12.5 Å². The van der Waals surface area contributed by atoms with Gasteiger partial charge in [0.25, 0.3) is 0 Å². The van der Waals surface area contributed by atoms with E-state index in [4.69, 9.17) is 4.74 Å². The Labute approximate surface area is 133 Å². The van der Waals surface area contributed by atoms with Crippen LogP contribution in [0.25, 0.3) is 0 Å². The third-order valence-electron chi connectivity index (χ3n) is 4.09. The van der Waals surface area contributed by atoms with E-state index in [1.807, 2.05) is 30.2 Å². The molecule has 120 valence electrons. The third kappa shape index (κ3) is 3.87. The number of rotatable bonds is 5. The highest BCUT2D eigenvalue weighted by Crippen LogP contribution is 2.27. The number of nitrogens with zero attached hydrogens (tertiary/aromatic N) is 3. The number of ether oxygens (including phenoxy) is 1. The molecule has 0 aliphatic rings. The maximum atomic E-state index is 5.81. The van der Waals surface area contributed by atoms with Crippen molar-refractivity contribution in [2.24, 2.45) is 7.05 Å². The van der Waals surface area contributed by atoms with E-state index in [9.17, 15) is 0 Å². The largest absolute Gasteiger partial charge is 0.478 e. The fraction of sp³-hybridized carbons (Fsp3) is 0.556. The van der Waals surface area contributed by atoms with Gasteiger partial charge in [-0.05, 0) is 23.5 Å². The molecule has 0 spiro atoms. The second kappa shape index (κ2) is 6.11. The predicted molar refractivity (Wildman–Crippen MR) is 89.3 cm³/mol. The number of hydrogen-bond donors (Lipinski definition) is 0. The minimum absolute atomic E-state index is 0.0244. The summed E-state index contributed by atoms with van der Waals surface area (Å²) in [6.07, 6.45) is 4.65. The van der Waals surface area contributed by atoms with Crippen LogP contribution in [0.4, 0.5) is 0 Å². The summed E-state index contributed by atoms with van der Waals surface area (Å²) in [5.74, 6) is 0.689. The zero-order valence-electron chi connectivity index (χ0n) is 14.6. The Kier molecular flexibility index (Phi) is 4.59. The highest BCUT2D eigenvalue weighted by Gasteiger charge is 2.23. The molecule has 4 heteroatoms. The minimum Gasteiger partial charge on any atom is -0.478 e. The molecule has 0 saturated heterocycles. The van der Waals surface area contributed by atoms with Gasteiger partial charge in [-0.15, -0.1) is 0 Å². The summed E-state index contributed by atoms with van der Waals surface area (Å²) in [6.45, 7) is 11.6. The molecule has 0 fully saturated rings. The Hall–Kier alpha value is -1.84. The van der Waals surface area contributed by atoms with Crippen LogP contribution in [0.15, 0.2) is 30.6 Å². The van der Waals surface area contributed by atoms with E-state index >= 15 is 0 Å². The lowest BCUT2D eigenvalue weighted by Crippen LogP contribution is -2.24.